The lowest BCUT2D eigenvalue weighted by atomic mass is 9.95. The van der Waals surface area contributed by atoms with Gasteiger partial charge in [0.25, 0.3) is 11.5 Å². The van der Waals surface area contributed by atoms with Crippen molar-refractivity contribution in [1.29, 1.82) is 0 Å². The highest BCUT2D eigenvalue weighted by Gasteiger charge is 2.50. The molecule has 3 aromatic rings. The molecule has 2 fully saturated rings. The van der Waals surface area contributed by atoms with E-state index in [-0.39, 0.29) is 47.0 Å². The second-order valence-corrected chi connectivity index (χ2v) is 12.2. The van der Waals surface area contributed by atoms with E-state index in [0.29, 0.717) is 16.3 Å². The van der Waals surface area contributed by atoms with Crippen molar-refractivity contribution < 1.29 is 18.7 Å². The Kier molecular flexibility index (Phi) is 8.44. The van der Waals surface area contributed by atoms with Gasteiger partial charge in [-0.05, 0) is 73.9 Å². The fourth-order valence-corrected chi connectivity index (χ4v) is 6.22. The van der Waals surface area contributed by atoms with Crippen LogP contribution in [0.2, 0.25) is 10.0 Å². The number of nitrogens with zero attached hydrogens (tertiary/aromatic N) is 4. The predicted molar refractivity (Wildman–Crippen MR) is 164 cm³/mol. The average Bonchev–Trinajstić information content (AvgIpc) is 3.62. The number of amides is 1. The van der Waals surface area contributed by atoms with Gasteiger partial charge in [0, 0.05) is 29.9 Å². The van der Waals surface area contributed by atoms with Crippen LogP contribution in [-0.2, 0) is 0 Å². The van der Waals surface area contributed by atoms with E-state index in [9.17, 15) is 14.7 Å². The van der Waals surface area contributed by atoms with E-state index in [4.69, 9.17) is 23.2 Å². The molecular weight excluding hydrogens is 597 g/mol. The Morgan fingerprint density at radius 2 is 1.88 bits per heavy atom. The maximum atomic E-state index is 15.9. The first-order valence-corrected chi connectivity index (χ1v) is 14.5. The number of carbonyl (C=O) groups is 1. The van der Waals surface area contributed by atoms with E-state index in [1.807, 2.05) is 6.07 Å². The number of likely N-dealkylation sites (tertiary alicyclic amines) is 1. The molecule has 1 amide bonds. The van der Waals surface area contributed by atoms with Crippen LogP contribution in [0, 0.1) is 18.7 Å². The van der Waals surface area contributed by atoms with E-state index in [2.05, 4.69) is 16.9 Å². The molecule has 43 heavy (non-hydrogen) atoms. The van der Waals surface area contributed by atoms with Crippen molar-refractivity contribution >= 4 is 41.0 Å². The molecule has 1 saturated heterocycles. The van der Waals surface area contributed by atoms with Gasteiger partial charge in [-0.15, -0.1) is 0 Å². The molecule has 1 saturated carbocycles. The van der Waals surface area contributed by atoms with Crippen molar-refractivity contribution in [2.24, 2.45) is 10.9 Å². The SMILES string of the molecule is C/C=C/N=C(/C(F)=C/n1c(C)cc(C2C(C)C2c2cncc(Cl)c2)c(Cl)c1=O)c1cccc(C(=O)N2CC(C)(O)C2)c1F. The van der Waals surface area contributed by atoms with E-state index in [1.165, 1.54) is 35.4 Å². The molecule has 2 aliphatic rings. The first-order chi connectivity index (χ1) is 20.3. The summed E-state index contributed by atoms with van der Waals surface area (Å²) in [5.41, 5.74) is -0.603. The monoisotopic (exact) mass is 626 g/mol. The number of carbonyl (C=O) groups excluding carboxylic acids is 1. The van der Waals surface area contributed by atoms with Gasteiger partial charge in [0.1, 0.15) is 16.6 Å². The number of rotatable bonds is 7. The van der Waals surface area contributed by atoms with Gasteiger partial charge in [-0.3, -0.25) is 24.1 Å². The molecule has 1 aliphatic carbocycles. The van der Waals surface area contributed by atoms with E-state index < -0.39 is 34.4 Å². The number of aliphatic hydroxyl groups is 1. The first-order valence-electron chi connectivity index (χ1n) is 13.7. The highest BCUT2D eigenvalue weighted by Crippen LogP contribution is 2.61. The van der Waals surface area contributed by atoms with Crippen LogP contribution in [0.1, 0.15) is 65.3 Å². The summed E-state index contributed by atoms with van der Waals surface area (Å²) in [6, 6.07) is 7.61. The van der Waals surface area contributed by atoms with E-state index in [0.717, 1.165) is 16.3 Å². The van der Waals surface area contributed by atoms with Crippen LogP contribution < -0.4 is 5.56 Å². The number of aliphatic imine (C=N–C) groups is 1. The number of hydrogen-bond acceptors (Lipinski definition) is 5. The largest absolute Gasteiger partial charge is 0.386 e. The lowest BCUT2D eigenvalue weighted by Crippen LogP contribution is -2.61. The van der Waals surface area contributed by atoms with Crippen molar-refractivity contribution in [1.82, 2.24) is 14.5 Å². The van der Waals surface area contributed by atoms with Crippen LogP contribution in [0.3, 0.4) is 0 Å². The zero-order chi connectivity index (χ0) is 31.2. The van der Waals surface area contributed by atoms with E-state index in [1.54, 1.807) is 39.2 Å². The molecule has 3 unspecified atom stereocenters. The third-order valence-electron chi connectivity index (χ3n) is 7.91. The van der Waals surface area contributed by atoms with E-state index >= 15 is 8.78 Å². The van der Waals surface area contributed by atoms with Gasteiger partial charge >= 0.3 is 0 Å². The molecule has 224 valence electrons. The van der Waals surface area contributed by atoms with Gasteiger partial charge in [-0.1, -0.05) is 42.3 Å². The molecule has 5 rings (SSSR count). The Morgan fingerprint density at radius 1 is 1.19 bits per heavy atom. The third kappa shape index (κ3) is 5.94. The number of aryl methyl sites for hydroxylation is 1. The van der Waals surface area contributed by atoms with Gasteiger partial charge in [0.15, 0.2) is 5.83 Å². The van der Waals surface area contributed by atoms with Gasteiger partial charge in [-0.2, -0.15) is 0 Å². The fourth-order valence-electron chi connectivity index (χ4n) is 5.76. The zero-order valence-corrected chi connectivity index (χ0v) is 25.5. The summed E-state index contributed by atoms with van der Waals surface area (Å²) in [6.07, 6.45) is 7.04. The van der Waals surface area contributed by atoms with Crippen LogP contribution in [0.15, 0.2) is 70.6 Å². The number of benzene rings is 1. The molecule has 7 nitrogen and oxygen atoms in total. The second kappa shape index (κ2) is 11.8. The molecule has 0 bridgehead atoms. The van der Waals surface area contributed by atoms with Gasteiger partial charge in [0.05, 0.1) is 35.5 Å². The van der Waals surface area contributed by atoms with Crippen LogP contribution in [0.4, 0.5) is 8.78 Å². The number of allylic oxidation sites excluding steroid dienone is 2. The molecule has 1 N–H and O–H groups in total. The Morgan fingerprint density at radius 3 is 2.53 bits per heavy atom. The number of aromatic nitrogens is 2. The lowest BCUT2D eigenvalue weighted by Gasteiger charge is -2.44. The van der Waals surface area contributed by atoms with Crippen LogP contribution in [-0.4, -0.2) is 49.9 Å². The summed E-state index contributed by atoms with van der Waals surface area (Å²) < 4.78 is 32.7. The Bertz CT molecular complexity index is 1760. The molecule has 3 heterocycles. The quantitative estimate of drug-likeness (QED) is 0.303. The van der Waals surface area contributed by atoms with Crippen LogP contribution in [0.25, 0.3) is 6.20 Å². The molecule has 11 heteroatoms. The summed E-state index contributed by atoms with van der Waals surface area (Å²) in [7, 11) is 0. The van der Waals surface area contributed by atoms with Gasteiger partial charge in [-0.25, -0.2) is 8.78 Å². The maximum Gasteiger partial charge on any atom is 0.273 e. The van der Waals surface area contributed by atoms with Crippen molar-refractivity contribution in [2.75, 3.05) is 13.1 Å². The highest BCUT2D eigenvalue weighted by molar-refractivity contribution is 6.31. The van der Waals surface area contributed by atoms with Crippen molar-refractivity contribution in [3.8, 4) is 0 Å². The summed E-state index contributed by atoms with van der Waals surface area (Å²) in [5.74, 6) is -2.39. The Hall–Kier alpha value is -3.66. The minimum atomic E-state index is -1.04. The minimum Gasteiger partial charge on any atom is -0.386 e. The third-order valence-corrected chi connectivity index (χ3v) is 8.50. The molecule has 3 atom stereocenters. The minimum absolute atomic E-state index is 0.0415. The van der Waals surface area contributed by atoms with Crippen LogP contribution >= 0.6 is 23.2 Å². The average molecular weight is 628 g/mol. The number of β-amino-alcohol motifs (C(OH)–C–C–N with tert-alkyl or cyclic N) is 1. The highest BCUT2D eigenvalue weighted by atomic mass is 35.5. The normalized spacial score (nSPS) is 21.7. The Balaban J connectivity index is 1.50. The number of hydrogen-bond donors (Lipinski definition) is 1. The molecule has 1 aliphatic heterocycles. The number of pyridine rings is 2. The first kappa shape index (κ1) is 30.8. The van der Waals surface area contributed by atoms with Crippen molar-refractivity contribution in [2.45, 2.75) is 45.1 Å². The number of halogens is 4. The summed E-state index contributed by atoms with van der Waals surface area (Å²) in [4.78, 5) is 35.9. The van der Waals surface area contributed by atoms with Crippen LogP contribution in [0.5, 0.6) is 0 Å². The molecule has 1 aromatic carbocycles. The zero-order valence-electron chi connectivity index (χ0n) is 24.0. The summed E-state index contributed by atoms with van der Waals surface area (Å²) in [5, 5.41) is 10.5. The standard InChI is InChI=1S/C32H30Cl2F2N4O3/c1-5-9-38-29(21-7-6-8-22(28(21)36)30(41)39-15-32(4,43)16-39)24(35)14-40-17(2)10-23(27(34)31(40)42)26-18(3)25(26)19-11-20(33)13-37-12-19/h5-14,18,25-26,43H,15-16H2,1-4H3/b9-5+,24-14-,38-29+. The van der Waals surface area contributed by atoms with Crippen molar-refractivity contribution in [3.63, 3.8) is 0 Å². The predicted octanol–water partition coefficient (Wildman–Crippen LogP) is 6.51. The molecule has 0 radical (unpaired) electrons. The van der Waals surface area contributed by atoms with Gasteiger partial charge in [0.2, 0.25) is 0 Å². The Labute approximate surface area is 257 Å². The summed E-state index contributed by atoms with van der Waals surface area (Å²) >= 11 is 12.7. The smallest absolute Gasteiger partial charge is 0.273 e. The van der Waals surface area contributed by atoms with Gasteiger partial charge < -0.3 is 10.0 Å². The lowest BCUT2D eigenvalue weighted by molar-refractivity contribution is -0.0670. The second-order valence-electron chi connectivity index (χ2n) is 11.3. The molecule has 0 spiro atoms. The fraction of sp³-hybridized carbons (Fsp3) is 0.312. The summed E-state index contributed by atoms with van der Waals surface area (Å²) in [6.45, 7) is 7.05. The van der Waals surface area contributed by atoms with Crippen molar-refractivity contribution in [3.05, 3.63) is 115 Å². The maximum absolute atomic E-state index is 15.9. The molecular formula is C32H30Cl2F2N4O3. The topological polar surface area (TPSA) is 87.8 Å². The molecule has 2 aromatic heterocycles.